The van der Waals surface area contributed by atoms with Gasteiger partial charge >= 0.3 is 12.3 Å². The Morgan fingerprint density at radius 1 is 1.24 bits per heavy atom. The fourth-order valence-electron chi connectivity index (χ4n) is 3.82. The van der Waals surface area contributed by atoms with Crippen LogP contribution in [-0.2, 0) is 19.4 Å². The molecule has 1 aliphatic carbocycles. The van der Waals surface area contributed by atoms with E-state index < -0.39 is 57.6 Å². The number of nitriles is 1. The molecule has 1 heterocycles. The maximum absolute atomic E-state index is 13.5. The predicted octanol–water partition coefficient (Wildman–Crippen LogP) is 4.29. The van der Waals surface area contributed by atoms with E-state index in [1.807, 2.05) is 6.19 Å². The lowest BCUT2D eigenvalue weighted by molar-refractivity contribution is -0.189. The van der Waals surface area contributed by atoms with Gasteiger partial charge in [0.2, 0.25) is 0 Å². The lowest BCUT2D eigenvalue weighted by Crippen LogP contribution is -2.48. The second-order valence-corrected chi connectivity index (χ2v) is 12.6. The Morgan fingerprint density at radius 3 is 2.35 bits per heavy atom. The number of likely N-dealkylation sites (tertiary alicyclic amines) is 1. The number of rotatable bonds is 6. The summed E-state index contributed by atoms with van der Waals surface area (Å²) in [6.07, 6.45) is -4.95. The van der Waals surface area contributed by atoms with Crippen molar-refractivity contribution in [2.24, 2.45) is 0 Å². The van der Waals surface area contributed by atoms with Crippen molar-refractivity contribution in [3.63, 3.8) is 0 Å². The van der Waals surface area contributed by atoms with Crippen LogP contribution in [0.5, 0.6) is 5.75 Å². The molecule has 204 valence electrons. The number of amides is 2. The molecule has 2 fully saturated rings. The molecule has 0 N–H and O–H groups in total. The summed E-state index contributed by atoms with van der Waals surface area (Å²) in [5, 5.41) is 7.80. The molecule has 1 aromatic rings. The first-order valence-corrected chi connectivity index (χ1v) is 13.4. The minimum Gasteiger partial charge on any atom is -0.481 e. The molecule has 2 amide bonds. The molecule has 14 heteroatoms. The zero-order chi connectivity index (χ0) is 27.9. The summed E-state index contributed by atoms with van der Waals surface area (Å²) < 4.78 is 75.5. The van der Waals surface area contributed by atoms with Crippen molar-refractivity contribution < 1.29 is 40.7 Å². The molecule has 0 aromatic heterocycles. The number of carbonyl (C=O) groups is 2. The first kappa shape index (κ1) is 28.8. The van der Waals surface area contributed by atoms with Crippen molar-refractivity contribution in [1.29, 1.82) is 5.26 Å². The Hall–Kier alpha value is -2.72. The van der Waals surface area contributed by atoms with Crippen LogP contribution in [0.1, 0.15) is 47.0 Å². The second-order valence-electron chi connectivity index (χ2n) is 9.98. The van der Waals surface area contributed by atoms with Gasteiger partial charge < -0.3 is 9.47 Å². The number of hydrogen-bond donors (Lipinski definition) is 0. The van der Waals surface area contributed by atoms with Gasteiger partial charge in [0.05, 0.1) is 15.2 Å². The molecule has 3 atom stereocenters. The molecule has 0 bridgehead atoms. The van der Waals surface area contributed by atoms with Crippen molar-refractivity contribution in [3.05, 3.63) is 23.2 Å². The summed E-state index contributed by atoms with van der Waals surface area (Å²) in [5.41, 5.74) is -0.931. The van der Waals surface area contributed by atoms with Gasteiger partial charge in [-0.25, -0.2) is 18.1 Å². The number of alkyl halides is 3. The average Bonchev–Trinajstić information content (AvgIpc) is 3.47. The summed E-state index contributed by atoms with van der Waals surface area (Å²) in [6, 6.07) is 1.48. The van der Waals surface area contributed by atoms with Gasteiger partial charge in [0.15, 0.2) is 22.1 Å². The number of benzene rings is 1. The van der Waals surface area contributed by atoms with E-state index in [4.69, 9.17) is 21.1 Å². The van der Waals surface area contributed by atoms with Crippen LogP contribution in [0.4, 0.5) is 18.0 Å². The summed E-state index contributed by atoms with van der Waals surface area (Å²) in [5.74, 6) is -0.984. The quantitative estimate of drug-likeness (QED) is 0.373. The minimum atomic E-state index is -4.63. The molecule has 1 saturated carbocycles. The van der Waals surface area contributed by atoms with Crippen LogP contribution < -0.4 is 4.74 Å². The normalized spacial score (nSPS) is 21.2. The van der Waals surface area contributed by atoms with Crippen LogP contribution in [0.3, 0.4) is 0 Å². The van der Waals surface area contributed by atoms with Crippen LogP contribution in [0.2, 0.25) is 5.02 Å². The summed E-state index contributed by atoms with van der Waals surface area (Å²) in [6.45, 7) is 5.23. The number of sulfone groups is 1. The zero-order valence-electron chi connectivity index (χ0n) is 20.6. The highest BCUT2D eigenvalue weighted by Crippen LogP contribution is 2.37. The Kier molecular flexibility index (Phi) is 7.96. The molecule has 0 spiro atoms. The van der Waals surface area contributed by atoms with E-state index in [1.54, 1.807) is 20.8 Å². The van der Waals surface area contributed by atoms with Crippen LogP contribution in [0.25, 0.3) is 0 Å². The molecular weight excluding hydrogens is 539 g/mol. The molecule has 9 nitrogen and oxygen atoms in total. The molecule has 0 radical (unpaired) electrons. The topological polar surface area (TPSA) is 117 Å². The maximum atomic E-state index is 13.5. The van der Waals surface area contributed by atoms with Crippen LogP contribution in [-0.4, -0.2) is 72.0 Å². The van der Waals surface area contributed by atoms with Crippen molar-refractivity contribution in [2.75, 3.05) is 6.54 Å². The molecular formula is C23H27ClF3N3O6S. The highest BCUT2D eigenvalue weighted by molar-refractivity contribution is 7.92. The summed E-state index contributed by atoms with van der Waals surface area (Å²) >= 11 is 6.13. The van der Waals surface area contributed by atoms with E-state index in [2.05, 4.69) is 0 Å². The van der Waals surface area contributed by atoms with Gasteiger partial charge in [-0.3, -0.25) is 9.69 Å². The molecule has 1 unspecified atom stereocenters. The molecule has 37 heavy (non-hydrogen) atoms. The standard InChI is InChI=1S/C23H27ClF3N3O6S/c1-13(23(25,26)27)35-15-7-8-19(17(24)9-15)37(33,34)16-10-18(20(31)30(12-28)14-5-6-14)29(11-16)21(32)36-22(2,3)4/h7-9,13-14,16,18H,5-6,10-11H2,1-4H3/t13?,16-,18+/m1/s1. The zero-order valence-corrected chi connectivity index (χ0v) is 22.2. The van der Waals surface area contributed by atoms with E-state index in [9.17, 15) is 36.4 Å². The van der Waals surface area contributed by atoms with Gasteiger partial charge in [-0.15, -0.1) is 0 Å². The number of ether oxygens (including phenoxy) is 2. The summed E-state index contributed by atoms with van der Waals surface area (Å²) in [4.78, 5) is 27.6. The Morgan fingerprint density at radius 2 is 1.86 bits per heavy atom. The first-order chi connectivity index (χ1) is 17.0. The largest absolute Gasteiger partial charge is 0.481 e. The number of hydrogen-bond acceptors (Lipinski definition) is 7. The maximum Gasteiger partial charge on any atom is 0.425 e. The monoisotopic (exact) mass is 565 g/mol. The molecule has 1 saturated heterocycles. The van der Waals surface area contributed by atoms with Gasteiger partial charge in [0.25, 0.3) is 5.91 Å². The highest BCUT2D eigenvalue weighted by atomic mass is 35.5. The van der Waals surface area contributed by atoms with Gasteiger partial charge in [-0.05, 0) is 59.1 Å². The van der Waals surface area contributed by atoms with Gasteiger partial charge in [0, 0.05) is 18.7 Å². The highest BCUT2D eigenvalue weighted by Gasteiger charge is 2.50. The Bertz CT molecular complexity index is 1210. The predicted molar refractivity (Wildman–Crippen MR) is 125 cm³/mol. The first-order valence-electron chi connectivity index (χ1n) is 11.4. The third-order valence-corrected chi connectivity index (χ3v) is 8.47. The van der Waals surface area contributed by atoms with Crippen molar-refractivity contribution in [2.45, 2.75) is 87.1 Å². The van der Waals surface area contributed by atoms with E-state index in [0.717, 1.165) is 34.9 Å². The number of nitrogens with zero attached hydrogens (tertiary/aromatic N) is 3. The average molecular weight is 566 g/mol. The van der Waals surface area contributed by atoms with Crippen molar-refractivity contribution in [3.8, 4) is 11.9 Å². The fraction of sp³-hybridized carbons (Fsp3) is 0.609. The Balaban J connectivity index is 1.89. The molecule has 3 rings (SSSR count). The molecule has 1 aliphatic heterocycles. The third kappa shape index (κ3) is 6.59. The van der Waals surface area contributed by atoms with Crippen LogP contribution in [0.15, 0.2) is 23.1 Å². The van der Waals surface area contributed by atoms with Crippen LogP contribution in [0, 0.1) is 11.5 Å². The van der Waals surface area contributed by atoms with Crippen molar-refractivity contribution in [1.82, 2.24) is 9.80 Å². The lowest BCUT2D eigenvalue weighted by atomic mass is 10.2. The second kappa shape index (κ2) is 10.2. The van der Waals surface area contributed by atoms with Gasteiger partial charge in [0.1, 0.15) is 17.4 Å². The lowest BCUT2D eigenvalue weighted by Gasteiger charge is -2.29. The number of carbonyl (C=O) groups excluding carboxylic acids is 2. The fourth-order valence-corrected chi connectivity index (χ4v) is 6.05. The van der Waals surface area contributed by atoms with Crippen LogP contribution >= 0.6 is 11.6 Å². The van der Waals surface area contributed by atoms with E-state index in [0.29, 0.717) is 12.8 Å². The third-order valence-electron chi connectivity index (χ3n) is 5.86. The van der Waals surface area contributed by atoms with Gasteiger partial charge in [-0.2, -0.15) is 18.4 Å². The van der Waals surface area contributed by atoms with E-state index >= 15 is 0 Å². The van der Waals surface area contributed by atoms with E-state index in [1.165, 1.54) is 0 Å². The number of halogens is 4. The minimum absolute atomic E-state index is 0.280. The Labute approximate surface area is 218 Å². The van der Waals surface area contributed by atoms with Gasteiger partial charge in [-0.1, -0.05) is 11.6 Å². The SMILES string of the molecule is CC(Oc1ccc(S(=O)(=O)[C@@H]2C[C@@H](C(=O)N(C#N)C3CC3)N(C(=O)OC(C)(C)C)C2)c(Cl)c1)C(F)(F)F. The molecule has 1 aromatic carbocycles. The smallest absolute Gasteiger partial charge is 0.425 e. The van der Waals surface area contributed by atoms with E-state index in [-0.39, 0.29) is 28.1 Å². The molecule has 2 aliphatic rings. The van der Waals surface area contributed by atoms with Crippen molar-refractivity contribution >= 4 is 33.4 Å². The summed E-state index contributed by atoms with van der Waals surface area (Å²) in [7, 11) is -4.27.